The number of nitrogens with one attached hydrogen (secondary N) is 1. The largest absolute Gasteiger partial charge is 0.368 e. The molecule has 2 amide bonds. The topological polar surface area (TPSA) is 35.6 Å². The van der Waals surface area contributed by atoms with Gasteiger partial charge in [-0.1, -0.05) is 35.9 Å². The maximum atomic E-state index is 13.7. The summed E-state index contributed by atoms with van der Waals surface area (Å²) in [7, 11) is 0. The molecule has 1 N–H and O–H groups in total. The fraction of sp³-hybridized carbons (Fsp3) is 0.235. The smallest absolute Gasteiger partial charge is 0.322 e. The van der Waals surface area contributed by atoms with Crippen molar-refractivity contribution < 1.29 is 9.18 Å². The van der Waals surface area contributed by atoms with E-state index in [0.717, 1.165) is 18.8 Å². The van der Waals surface area contributed by atoms with Crippen molar-refractivity contribution in [2.24, 2.45) is 0 Å². The van der Waals surface area contributed by atoms with E-state index in [1.807, 2.05) is 18.2 Å². The Balaban J connectivity index is 1.60. The summed E-state index contributed by atoms with van der Waals surface area (Å²) in [6, 6.07) is 14.1. The number of carbonyl (C=O) groups excluding carboxylic acids is 1. The fourth-order valence-electron chi connectivity index (χ4n) is 2.61. The highest BCUT2D eigenvalue weighted by Gasteiger charge is 2.22. The average molecular weight is 334 g/mol. The van der Waals surface area contributed by atoms with E-state index in [4.69, 9.17) is 11.6 Å². The highest BCUT2D eigenvalue weighted by atomic mass is 35.5. The number of para-hydroxylation sites is 2. The quantitative estimate of drug-likeness (QED) is 0.906. The minimum atomic E-state index is -0.534. The molecule has 120 valence electrons. The van der Waals surface area contributed by atoms with Crippen LogP contribution in [0.15, 0.2) is 48.5 Å². The summed E-state index contributed by atoms with van der Waals surface area (Å²) in [4.78, 5) is 16.2. The van der Waals surface area contributed by atoms with Gasteiger partial charge in [0, 0.05) is 31.9 Å². The van der Waals surface area contributed by atoms with Crippen LogP contribution in [0.4, 0.5) is 20.6 Å². The Labute approximate surface area is 139 Å². The van der Waals surface area contributed by atoms with Crippen LogP contribution in [0.1, 0.15) is 0 Å². The van der Waals surface area contributed by atoms with Crippen LogP contribution in [0.25, 0.3) is 0 Å². The Kier molecular flexibility index (Phi) is 4.67. The normalized spacial score (nSPS) is 14.7. The van der Waals surface area contributed by atoms with Crippen LogP contribution < -0.4 is 10.2 Å². The number of nitrogens with zero attached hydrogens (tertiary/aromatic N) is 2. The van der Waals surface area contributed by atoms with Gasteiger partial charge in [-0.2, -0.15) is 0 Å². The Morgan fingerprint density at radius 1 is 1.00 bits per heavy atom. The van der Waals surface area contributed by atoms with Crippen LogP contribution in [0.3, 0.4) is 0 Å². The van der Waals surface area contributed by atoms with Crippen molar-refractivity contribution in [3.05, 3.63) is 59.4 Å². The van der Waals surface area contributed by atoms with Gasteiger partial charge in [-0.3, -0.25) is 0 Å². The van der Waals surface area contributed by atoms with Crippen molar-refractivity contribution >= 4 is 29.0 Å². The molecule has 0 radical (unpaired) electrons. The average Bonchev–Trinajstić information content (AvgIpc) is 2.59. The van der Waals surface area contributed by atoms with Gasteiger partial charge in [-0.15, -0.1) is 0 Å². The molecule has 23 heavy (non-hydrogen) atoms. The summed E-state index contributed by atoms with van der Waals surface area (Å²) >= 11 is 5.93. The van der Waals surface area contributed by atoms with Gasteiger partial charge in [0.2, 0.25) is 0 Å². The van der Waals surface area contributed by atoms with Gasteiger partial charge in [-0.25, -0.2) is 9.18 Å². The lowest BCUT2D eigenvalue weighted by Gasteiger charge is -2.36. The molecule has 4 nitrogen and oxygen atoms in total. The third-order valence-corrected chi connectivity index (χ3v) is 4.20. The molecule has 1 aliphatic heterocycles. The van der Waals surface area contributed by atoms with Gasteiger partial charge in [0.1, 0.15) is 5.82 Å². The maximum absolute atomic E-state index is 13.7. The van der Waals surface area contributed by atoms with Crippen LogP contribution >= 0.6 is 11.6 Å². The first kappa shape index (κ1) is 15.6. The molecule has 0 aliphatic carbocycles. The van der Waals surface area contributed by atoms with Crippen molar-refractivity contribution in [3.8, 4) is 0 Å². The molecule has 1 saturated heterocycles. The maximum Gasteiger partial charge on any atom is 0.322 e. The second-order valence-electron chi connectivity index (χ2n) is 5.34. The van der Waals surface area contributed by atoms with E-state index < -0.39 is 5.82 Å². The number of urea groups is 1. The number of hydrogen-bond acceptors (Lipinski definition) is 2. The number of piperazine rings is 1. The predicted molar refractivity (Wildman–Crippen MR) is 90.7 cm³/mol. The third-order valence-electron chi connectivity index (χ3n) is 3.88. The second-order valence-corrected chi connectivity index (χ2v) is 5.74. The zero-order valence-corrected chi connectivity index (χ0v) is 13.3. The number of halogens is 2. The lowest BCUT2D eigenvalue weighted by molar-refractivity contribution is 0.208. The van der Waals surface area contributed by atoms with Crippen LogP contribution in [0.2, 0.25) is 5.02 Å². The summed E-state index contributed by atoms with van der Waals surface area (Å²) in [5.74, 6) is -0.534. The first-order valence-electron chi connectivity index (χ1n) is 7.45. The Bertz CT molecular complexity index is 667. The molecule has 6 heteroatoms. The molecule has 1 fully saturated rings. The van der Waals surface area contributed by atoms with E-state index in [1.54, 1.807) is 11.0 Å². The first-order valence-corrected chi connectivity index (χ1v) is 7.83. The number of hydrogen-bond donors (Lipinski definition) is 1. The highest BCUT2D eigenvalue weighted by Crippen LogP contribution is 2.25. The van der Waals surface area contributed by atoms with Crippen LogP contribution in [-0.2, 0) is 0 Å². The molecule has 0 unspecified atom stereocenters. The van der Waals surface area contributed by atoms with Crippen LogP contribution in [0, 0.1) is 5.82 Å². The van der Waals surface area contributed by atoms with Gasteiger partial charge in [-0.05, 0) is 24.3 Å². The van der Waals surface area contributed by atoms with Gasteiger partial charge >= 0.3 is 6.03 Å². The van der Waals surface area contributed by atoms with Gasteiger partial charge in [0.15, 0.2) is 0 Å². The number of rotatable bonds is 2. The summed E-state index contributed by atoms with van der Waals surface area (Å²) in [6.07, 6.45) is 0. The summed E-state index contributed by atoms with van der Waals surface area (Å²) in [5, 5.41) is 2.76. The highest BCUT2D eigenvalue weighted by molar-refractivity contribution is 6.33. The van der Waals surface area contributed by atoms with Gasteiger partial charge in [0.25, 0.3) is 0 Å². The van der Waals surface area contributed by atoms with E-state index >= 15 is 0 Å². The van der Waals surface area contributed by atoms with Crippen molar-refractivity contribution in [2.75, 3.05) is 36.4 Å². The van der Waals surface area contributed by atoms with Crippen molar-refractivity contribution in [2.45, 2.75) is 0 Å². The molecule has 1 heterocycles. The van der Waals surface area contributed by atoms with Crippen molar-refractivity contribution in [1.82, 2.24) is 4.90 Å². The molecule has 2 aromatic carbocycles. The van der Waals surface area contributed by atoms with E-state index in [2.05, 4.69) is 22.3 Å². The summed E-state index contributed by atoms with van der Waals surface area (Å²) in [5.41, 5.74) is 1.18. The van der Waals surface area contributed by atoms with Crippen molar-refractivity contribution in [1.29, 1.82) is 0 Å². The fourth-order valence-corrected chi connectivity index (χ4v) is 2.82. The number of anilines is 2. The predicted octanol–water partition coefficient (Wildman–Crippen LogP) is 3.83. The molecular formula is C17H17ClFN3O. The number of benzene rings is 2. The zero-order valence-electron chi connectivity index (χ0n) is 12.5. The minimum Gasteiger partial charge on any atom is -0.368 e. The monoisotopic (exact) mass is 333 g/mol. The first-order chi connectivity index (χ1) is 11.1. The molecule has 1 aliphatic rings. The van der Waals surface area contributed by atoms with E-state index in [0.29, 0.717) is 13.1 Å². The van der Waals surface area contributed by atoms with Crippen LogP contribution in [-0.4, -0.2) is 37.1 Å². The van der Waals surface area contributed by atoms with Gasteiger partial charge in [0.05, 0.1) is 10.7 Å². The van der Waals surface area contributed by atoms with E-state index in [-0.39, 0.29) is 16.7 Å². The molecule has 0 atom stereocenters. The SMILES string of the molecule is O=C(Nc1c(F)cccc1Cl)N1CCN(c2ccccc2)CC1. The Morgan fingerprint density at radius 3 is 2.35 bits per heavy atom. The van der Waals surface area contributed by atoms with Gasteiger partial charge < -0.3 is 15.1 Å². The van der Waals surface area contributed by atoms with Crippen LogP contribution in [0.5, 0.6) is 0 Å². The van der Waals surface area contributed by atoms with E-state index in [1.165, 1.54) is 12.1 Å². The van der Waals surface area contributed by atoms with E-state index in [9.17, 15) is 9.18 Å². The molecule has 2 aromatic rings. The minimum absolute atomic E-state index is 0.0321. The summed E-state index contributed by atoms with van der Waals surface area (Å²) < 4.78 is 13.7. The molecule has 0 spiro atoms. The lowest BCUT2D eigenvalue weighted by Crippen LogP contribution is -2.50. The molecule has 0 bridgehead atoms. The molecule has 0 aromatic heterocycles. The number of carbonyl (C=O) groups is 1. The molecule has 3 rings (SSSR count). The zero-order chi connectivity index (χ0) is 16.2. The standard InChI is InChI=1S/C17H17ClFN3O/c18-14-7-4-8-15(19)16(14)20-17(23)22-11-9-21(10-12-22)13-5-2-1-3-6-13/h1-8H,9-12H2,(H,20,23). The molecule has 0 saturated carbocycles. The third kappa shape index (κ3) is 3.56. The Morgan fingerprint density at radius 2 is 1.70 bits per heavy atom. The second kappa shape index (κ2) is 6.87. The lowest BCUT2D eigenvalue weighted by atomic mass is 10.2. The number of amides is 2. The molecular weight excluding hydrogens is 317 g/mol. The van der Waals surface area contributed by atoms with Crippen molar-refractivity contribution in [3.63, 3.8) is 0 Å². The Hall–Kier alpha value is -2.27. The summed E-state index contributed by atoms with van der Waals surface area (Å²) in [6.45, 7) is 2.63.